The molecule has 0 aromatic carbocycles. The summed E-state index contributed by atoms with van der Waals surface area (Å²) in [5.41, 5.74) is 5.72. The molecular formula is C10H20N2O. The second-order valence-corrected chi connectivity index (χ2v) is 3.87. The lowest BCUT2D eigenvalue weighted by Gasteiger charge is -2.09. The second kappa shape index (κ2) is 5.35. The van der Waals surface area contributed by atoms with Gasteiger partial charge in [-0.1, -0.05) is 19.8 Å². The first kappa shape index (κ1) is 10.7. The molecule has 0 saturated heterocycles. The van der Waals surface area contributed by atoms with Gasteiger partial charge in [0.2, 0.25) is 0 Å². The van der Waals surface area contributed by atoms with E-state index in [4.69, 9.17) is 5.73 Å². The molecule has 0 bridgehead atoms. The highest BCUT2D eigenvalue weighted by Crippen LogP contribution is 2.18. The minimum absolute atomic E-state index is 0.167. The molecule has 3 heteroatoms. The van der Waals surface area contributed by atoms with Crippen molar-refractivity contribution in [1.82, 2.24) is 5.32 Å². The number of nitrogens with two attached hydrogens (primary N) is 1. The Kier molecular flexibility index (Phi) is 4.39. The van der Waals surface area contributed by atoms with Gasteiger partial charge < -0.3 is 11.1 Å². The molecule has 0 heterocycles. The second-order valence-electron chi connectivity index (χ2n) is 3.87. The van der Waals surface area contributed by atoms with Crippen LogP contribution in [0.1, 0.15) is 39.0 Å². The van der Waals surface area contributed by atoms with Crippen LogP contribution < -0.4 is 11.1 Å². The zero-order valence-electron chi connectivity index (χ0n) is 8.38. The maximum atomic E-state index is 11.4. The average Bonchev–Trinajstić information content (AvgIpc) is 2.93. The third-order valence-corrected chi connectivity index (χ3v) is 2.42. The van der Waals surface area contributed by atoms with Crippen molar-refractivity contribution in [2.24, 2.45) is 5.73 Å². The topological polar surface area (TPSA) is 55.1 Å². The van der Waals surface area contributed by atoms with E-state index in [2.05, 4.69) is 12.2 Å². The summed E-state index contributed by atoms with van der Waals surface area (Å²) in [6.45, 7) is 2.58. The molecule has 1 aliphatic rings. The zero-order chi connectivity index (χ0) is 9.68. The predicted octanol–water partition coefficient (Wildman–Crippen LogP) is 0.825. The van der Waals surface area contributed by atoms with Gasteiger partial charge in [-0.15, -0.1) is 0 Å². The molecule has 3 N–H and O–H groups in total. The molecule has 1 rings (SSSR count). The van der Waals surface area contributed by atoms with Crippen LogP contribution in [0.3, 0.4) is 0 Å². The van der Waals surface area contributed by atoms with Gasteiger partial charge >= 0.3 is 0 Å². The summed E-state index contributed by atoms with van der Waals surface area (Å²) in [4.78, 5) is 11.4. The van der Waals surface area contributed by atoms with Crippen LogP contribution >= 0.6 is 0 Å². The van der Waals surface area contributed by atoms with Gasteiger partial charge in [-0.25, -0.2) is 0 Å². The van der Waals surface area contributed by atoms with E-state index < -0.39 is 0 Å². The summed E-state index contributed by atoms with van der Waals surface area (Å²) in [6.07, 6.45) is 5.43. The molecule has 0 aromatic heterocycles. The van der Waals surface area contributed by atoms with E-state index in [0.717, 1.165) is 19.3 Å². The van der Waals surface area contributed by atoms with Crippen molar-refractivity contribution in [3.05, 3.63) is 0 Å². The largest absolute Gasteiger partial charge is 0.321 e. The molecule has 1 fully saturated rings. The van der Waals surface area contributed by atoms with Crippen LogP contribution in [0.25, 0.3) is 0 Å². The van der Waals surface area contributed by atoms with Gasteiger partial charge in [0.05, 0.1) is 12.6 Å². The summed E-state index contributed by atoms with van der Waals surface area (Å²) in [5.74, 6) is 0.167. The quantitative estimate of drug-likeness (QED) is 0.616. The van der Waals surface area contributed by atoms with Gasteiger partial charge in [-0.2, -0.15) is 0 Å². The molecule has 76 valence electrons. The van der Waals surface area contributed by atoms with Crippen LogP contribution in [0.5, 0.6) is 0 Å². The Morgan fingerprint density at radius 2 is 2.31 bits per heavy atom. The maximum absolute atomic E-state index is 11.4. The van der Waals surface area contributed by atoms with Crippen LogP contribution in [-0.4, -0.2) is 24.4 Å². The van der Waals surface area contributed by atoms with E-state index in [1.165, 1.54) is 12.8 Å². The lowest BCUT2D eigenvalue weighted by molar-refractivity contribution is -0.119. The van der Waals surface area contributed by atoms with Gasteiger partial charge in [0.1, 0.15) is 0 Å². The number of hydrogen-bond donors (Lipinski definition) is 2. The van der Waals surface area contributed by atoms with Crippen LogP contribution in [-0.2, 0) is 4.79 Å². The first-order valence-corrected chi connectivity index (χ1v) is 5.25. The maximum Gasteiger partial charge on any atom is 0.163 e. The normalized spacial score (nSPS) is 18.6. The van der Waals surface area contributed by atoms with Crippen molar-refractivity contribution in [3.8, 4) is 0 Å². The summed E-state index contributed by atoms with van der Waals surface area (Å²) in [5, 5.41) is 3.18. The fourth-order valence-electron chi connectivity index (χ4n) is 1.25. The fraction of sp³-hybridized carbons (Fsp3) is 0.900. The Morgan fingerprint density at radius 1 is 1.62 bits per heavy atom. The Bertz CT molecular complexity index is 166. The summed E-state index contributed by atoms with van der Waals surface area (Å²) < 4.78 is 0. The number of Topliss-reactive ketones (excluding diaryl/α,β-unsaturated/α-hetero) is 1. The Morgan fingerprint density at radius 3 is 2.85 bits per heavy atom. The van der Waals surface area contributed by atoms with Crippen molar-refractivity contribution >= 4 is 5.78 Å². The number of nitrogens with one attached hydrogen (secondary N) is 1. The predicted molar refractivity (Wildman–Crippen MR) is 53.5 cm³/mol. The molecule has 0 aromatic rings. The Hall–Kier alpha value is -0.410. The molecule has 1 saturated carbocycles. The summed E-state index contributed by atoms with van der Waals surface area (Å²) in [7, 11) is 0. The van der Waals surface area contributed by atoms with E-state index in [-0.39, 0.29) is 11.8 Å². The fourth-order valence-corrected chi connectivity index (χ4v) is 1.25. The van der Waals surface area contributed by atoms with Gasteiger partial charge in [0.25, 0.3) is 0 Å². The van der Waals surface area contributed by atoms with Gasteiger partial charge in [0.15, 0.2) is 5.78 Å². The zero-order valence-corrected chi connectivity index (χ0v) is 8.38. The van der Waals surface area contributed by atoms with Crippen LogP contribution in [0.2, 0.25) is 0 Å². The van der Waals surface area contributed by atoms with Crippen molar-refractivity contribution in [1.29, 1.82) is 0 Å². The van der Waals surface area contributed by atoms with E-state index in [1.807, 2.05) is 0 Å². The molecule has 1 atom stereocenters. The van der Waals surface area contributed by atoms with Crippen LogP contribution in [0, 0.1) is 0 Å². The number of rotatable bonds is 7. The number of ketones is 1. The van der Waals surface area contributed by atoms with Gasteiger partial charge in [0, 0.05) is 6.04 Å². The minimum atomic E-state index is -0.244. The van der Waals surface area contributed by atoms with Crippen LogP contribution in [0.4, 0.5) is 0 Å². The summed E-state index contributed by atoms with van der Waals surface area (Å²) in [6, 6.07) is 0.355. The standard InChI is InChI=1S/C10H20N2O/c1-2-3-4-9(11)10(13)7-12-8-5-6-8/h8-9,12H,2-7,11H2,1H3. The molecule has 13 heavy (non-hydrogen) atoms. The first-order valence-electron chi connectivity index (χ1n) is 5.25. The third kappa shape index (κ3) is 4.39. The minimum Gasteiger partial charge on any atom is -0.321 e. The van der Waals surface area contributed by atoms with E-state index in [0.29, 0.717) is 12.6 Å². The van der Waals surface area contributed by atoms with E-state index >= 15 is 0 Å². The van der Waals surface area contributed by atoms with Crippen molar-refractivity contribution in [2.45, 2.75) is 51.1 Å². The lowest BCUT2D eigenvalue weighted by atomic mass is 10.1. The molecule has 3 nitrogen and oxygen atoms in total. The number of carbonyl (C=O) groups excluding carboxylic acids is 1. The number of carbonyl (C=O) groups is 1. The molecule has 0 amide bonds. The lowest BCUT2D eigenvalue weighted by Crippen LogP contribution is -2.38. The highest BCUT2D eigenvalue weighted by molar-refractivity contribution is 5.85. The monoisotopic (exact) mass is 184 g/mol. The molecule has 0 spiro atoms. The number of hydrogen-bond acceptors (Lipinski definition) is 3. The van der Waals surface area contributed by atoms with Crippen molar-refractivity contribution in [2.75, 3.05) is 6.54 Å². The van der Waals surface area contributed by atoms with Crippen LogP contribution in [0.15, 0.2) is 0 Å². The van der Waals surface area contributed by atoms with Crippen molar-refractivity contribution < 1.29 is 4.79 Å². The smallest absolute Gasteiger partial charge is 0.163 e. The Balaban J connectivity index is 2.05. The first-order chi connectivity index (χ1) is 6.24. The molecule has 1 aliphatic carbocycles. The van der Waals surface area contributed by atoms with E-state index in [1.54, 1.807) is 0 Å². The van der Waals surface area contributed by atoms with Gasteiger partial charge in [-0.05, 0) is 19.3 Å². The highest BCUT2D eigenvalue weighted by Gasteiger charge is 2.22. The van der Waals surface area contributed by atoms with Gasteiger partial charge in [-0.3, -0.25) is 4.79 Å². The molecule has 1 unspecified atom stereocenters. The Labute approximate surface area is 80.1 Å². The summed E-state index contributed by atoms with van der Waals surface area (Å²) >= 11 is 0. The SMILES string of the molecule is CCCCC(N)C(=O)CNC1CC1. The number of unbranched alkanes of at least 4 members (excludes halogenated alkanes) is 1. The molecule has 0 radical (unpaired) electrons. The highest BCUT2D eigenvalue weighted by atomic mass is 16.1. The van der Waals surface area contributed by atoms with E-state index in [9.17, 15) is 4.79 Å². The molecule has 0 aliphatic heterocycles. The molecular weight excluding hydrogens is 164 g/mol. The van der Waals surface area contributed by atoms with Crippen molar-refractivity contribution in [3.63, 3.8) is 0 Å². The third-order valence-electron chi connectivity index (χ3n) is 2.42. The average molecular weight is 184 g/mol.